The molecule has 0 radical (unpaired) electrons. The zero-order valence-electron chi connectivity index (χ0n) is 23.3. The number of nitrogens with zero attached hydrogens (tertiary/aromatic N) is 3. The van der Waals surface area contributed by atoms with Crippen LogP contribution < -0.4 is 5.32 Å². The molecule has 9 heteroatoms. The van der Waals surface area contributed by atoms with Crippen LogP contribution in [-0.2, 0) is 32.1 Å². The molecule has 0 spiro atoms. The van der Waals surface area contributed by atoms with Gasteiger partial charge >= 0.3 is 5.97 Å². The van der Waals surface area contributed by atoms with Crippen LogP contribution in [0.1, 0.15) is 60.5 Å². The number of nitrogens with one attached hydrogen (secondary N) is 1. The molecule has 9 nitrogen and oxygen atoms in total. The first-order valence-corrected chi connectivity index (χ1v) is 13.8. The quantitative estimate of drug-likeness (QED) is 0.219. The fourth-order valence-corrected chi connectivity index (χ4v) is 4.57. The highest BCUT2D eigenvalue weighted by molar-refractivity contribution is 5.71. The molecule has 1 N–H and O–H groups in total. The first-order chi connectivity index (χ1) is 20.1. The van der Waals surface area contributed by atoms with E-state index in [4.69, 9.17) is 14.0 Å². The Balaban J connectivity index is 1.16. The highest BCUT2D eigenvalue weighted by Crippen LogP contribution is 2.25. The lowest BCUT2D eigenvalue weighted by molar-refractivity contribution is -0.188. The van der Waals surface area contributed by atoms with Gasteiger partial charge in [0.2, 0.25) is 0 Å². The van der Waals surface area contributed by atoms with Crippen LogP contribution >= 0.6 is 0 Å². The van der Waals surface area contributed by atoms with Crippen LogP contribution in [0.5, 0.6) is 0 Å². The molecule has 41 heavy (non-hydrogen) atoms. The molecule has 2 aromatic carbocycles. The second-order valence-electron chi connectivity index (χ2n) is 9.87. The zero-order valence-corrected chi connectivity index (χ0v) is 23.3. The molecule has 0 amide bonds. The summed E-state index contributed by atoms with van der Waals surface area (Å²) in [6.07, 6.45) is 6.45. The third-order valence-electron chi connectivity index (χ3n) is 6.80. The van der Waals surface area contributed by atoms with Crippen LogP contribution in [-0.4, -0.2) is 47.2 Å². The highest BCUT2D eigenvalue weighted by atomic mass is 16.7. The van der Waals surface area contributed by atoms with Crippen molar-refractivity contribution in [3.8, 4) is 23.2 Å². The van der Waals surface area contributed by atoms with E-state index >= 15 is 0 Å². The van der Waals surface area contributed by atoms with Gasteiger partial charge in [0.25, 0.3) is 0 Å². The summed E-state index contributed by atoms with van der Waals surface area (Å²) in [5, 5.41) is 7.32. The smallest absolute Gasteiger partial charge is 0.319 e. The molecule has 0 aliphatic carbocycles. The largest absolute Gasteiger partial charge is 0.468 e. The number of carbonyl (C=O) groups excluding carboxylic acids is 1. The second kappa shape index (κ2) is 13.9. The maximum atomic E-state index is 11.2. The number of esters is 1. The van der Waals surface area contributed by atoms with Gasteiger partial charge in [-0.1, -0.05) is 29.1 Å². The Hall–Kier alpha value is -4.23. The number of carbonyl (C=O) groups is 1. The van der Waals surface area contributed by atoms with Gasteiger partial charge < -0.3 is 28.6 Å². The van der Waals surface area contributed by atoms with Crippen molar-refractivity contribution in [3.63, 3.8) is 0 Å². The average molecular weight is 555 g/mol. The van der Waals surface area contributed by atoms with Crippen molar-refractivity contribution < 1.29 is 23.5 Å². The molecule has 2 atom stereocenters. The molecule has 0 saturated carbocycles. The van der Waals surface area contributed by atoms with Crippen LogP contribution in [0.3, 0.4) is 0 Å². The van der Waals surface area contributed by atoms with Crippen molar-refractivity contribution in [2.24, 2.45) is 0 Å². The molecule has 1 aliphatic heterocycles. The first-order valence-electron chi connectivity index (χ1n) is 13.8. The van der Waals surface area contributed by atoms with Crippen LogP contribution in [0.25, 0.3) is 11.3 Å². The number of hydrogen-bond donors (Lipinski definition) is 1. The summed E-state index contributed by atoms with van der Waals surface area (Å²) < 4.78 is 24.1. The molecular weight excluding hydrogens is 520 g/mol. The van der Waals surface area contributed by atoms with Gasteiger partial charge in [-0.05, 0) is 68.1 Å². The van der Waals surface area contributed by atoms with Gasteiger partial charge in [-0.25, -0.2) is 4.98 Å². The van der Waals surface area contributed by atoms with E-state index < -0.39 is 0 Å². The number of imidazole rings is 1. The van der Waals surface area contributed by atoms with Crippen molar-refractivity contribution in [2.45, 2.75) is 51.7 Å². The van der Waals surface area contributed by atoms with Crippen LogP contribution in [0.4, 0.5) is 0 Å². The molecule has 2 aromatic heterocycles. The van der Waals surface area contributed by atoms with Crippen molar-refractivity contribution in [3.05, 3.63) is 95.2 Å². The van der Waals surface area contributed by atoms with Crippen molar-refractivity contribution >= 4 is 5.97 Å². The van der Waals surface area contributed by atoms with E-state index in [-0.39, 0.29) is 24.9 Å². The summed E-state index contributed by atoms with van der Waals surface area (Å²) >= 11 is 0. The van der Waals surface area contributed by atoms with Crippen LogP contribution in [0.15, 0.2) is 71.5 Å². The van der Waals surface area contributed by atoms with Crippen LogP contribution in [0, 0.1) is 11.8 Å². The van der Waals surface area contributed by atoms with E-state index in [1.165, 1.54) is 7.11 Å². The number of aromatic nitrogens is 3. The summed E-state index contributed by atoms with van der Waals surface area (Å²) in [6.45, 7) is 4.04. The number of rotatable bonds is 10. The number of methoxy groups -OCH3 is 1. The van der Waals surface area contributed by atoms with Crippen molar-refractivity contribution in [2.75, 3.05) is 20.3 Å². The van der Waals surface area contributed by atoms with E-state index in [1.807, 2.05) is 72.3 Å². The molecule has 212 valence electrons. The van der Waals surface area contributed by atoms with E-state index in [2.05, 4.69) is 32.0 Å². The zero-order chi connectivity index (χ0) is 28.4. The lowest BCUT2D eigenvalue weighted by Gasteiger charge is -2.26. The van der Waals surface area contributed by atoms with Crippen LogP contribution in [0.2, 0.25) is 0 Å². The molecule has 1 fully saturated rings. The number of ether oxygens (including phenoxy) is 3. The monoisotopic (exact) mass is 554 g/mol. The summed E-state index contributed by atoms with van der Waals surface area (Å²) in [7, 11) is 1.38. The SMILES string of the molecule is COC(=O)CNCc1ccc(C#Cc2ccc(-c3cc(Cn4ccnc4[C@H](C)OC4CCCCO4)no3)cc2)cc1. The van der Waals surface area contributed by atoms with Gasteiger partial charge in [0, 0.05) is 48.3 Å². The van der Waals surface area contributed by atoms with Gasteiger partial charge in [-0.3, -0.25) is 4.79 Å². The second-order valence-corrected chi connectivity index (χ2v) is 9.87. The van der Waals surface area contributed by atoms with Crippen molar-refractivity contribution in [1.29, 1.82) is 0 Å². The molecule has 3 heterocycles. The summed E-state index contributed by atoms with van der Waals surface area (Å²) in [6, 6.07) is 17.8. The summed E-state index contributed by atoms with van der Waals surface area (Å²) in [5.74, 6) is 7.63. The van der Waals surface area contributed by atoms with Gasteiger partial charge in [-0.2, -0.15) is 0 Å². The van der Waals surface area contributed by atoms with Crippen molar-refractivity contribution in [1.82, 2.24) is 20.0 Å². The Morgan fingerprint density at radius 2 is 1.88 bits per heavy atom. The minimum atomic E-state index is -0.285. The fourth-order valence-electron chi connectivity index (χ4n) is 4.57. The molecule has 5 rings (SSSR count). The van der Waals surface area contributed by atoms with Gasteiger partial charge in [0.1, 0.15) is 17.6 Å². The third-order valence-corrected chi connectivity index (χ3v) is 6.80. The topological polar surface area (TPSA) is 101 Å². The molecule has 1 unspecified atom stereocenters. The summed E-state index contributed by atoms with van der Waals surface area (Å²) in [4.78, 5) is 15.7. The predicted molar refractivity (Wildman–Crippen MR) is 153 cm³/mol. The van der Waals surface area contributed by atoms with E-state index in [0.29, 0.717) is 18.8 Å². The third kappa shape index (κ3) is 7.92. The standard InChI is InChI=1S/C32H34N4O5/c1-23(40-31-5-3-4-18-39-31)32-34-16-17-36(32)22-28-19-29(41-35-28)27-14-12-25(13-15-27)7-6-24-8-10-26(11-9-24)20-33-21-30(37)38-2/h8-17,19,23,31,33H,3-5,18,20-22H2,1-2H3/t23-,31?/m0/s1. The Bertz CT molecular complexity index is 1470. The van der Waals surface area contributed by atoms with Gasteiger partial charge in [0.15, 0.2) is 12.1 Å². The number of hydrogen-bond acceptors (Lipinski definition) is 8. The maximum Gasteiger partial charge on any atom is 0.319 e. The average Bonchev–Trinajstić information content (AvgIpc) is 3.68. The predicted octanol–water partition coefficient (Wildman–Crippen LogP) is 4.85. The Labute approximate surface area is 239 Å². The minimum absolute atomic E-state index is 0.177. The van der Waals surface area contributed by atoms with Gasteiger partial charge in [0.05, 0.1) is 20.2 Å². The minimum Gasteiger partial charge on any atom is -0.468 e. The van der Waals surface area contributed by atoms with Gasteiger partial charge in [-0.15, -0.1) is 0 Å². The first kappa shape index (κ1) is 28.3. The lowest BCUT2D eigenvalue weighted by Crippen LogP contribution is -2.24. The Morgan fingerprint density at radius 1 is 1.12 bits per heavy atom. The Kier molecular flexibility index (Phi) is 9.60. The molecular formula is C32H34N4O5. The molecule has 1 saturated heterocycles. The summed E-state index contributed by atoms with van der Waals surface area (Å²) in [5.41, 5.74) is 4.60. The van der Waals surface area contributed by atoms with E-state index in [1.54, 1.807) is 6.20 Å². The molecule has 0 bridgehead atoms. The fraction of sp³-hybridized carbons (Fsp3) is 0.344. The van der Waals surface area contributed by atoms with E-state index in [9.17, 15) is 4.79 Å². The number of benzene rings is 2. The molecule has 1 aliphatic rings. The normalized spacial score (nSPS) is 15.6. The molecule has 4 aromatic rings. The lowest BCUT2D eigenvalue weighted by atomic mass is 10.1. The highest BCUT2D eigenvalue weighted by Gasteiger charge is 2.21. The maximum absolute atomic E-state index is 11.2. The van der Waals surface area contributed by atoms with E-state index in [0.717, 1.165) is 59.6 Å². The Morgan fingerprint density at radius 3 is 2.59 bits per heavy atom.